The Balaban J connectivity index is 1.44. The van der Waals surface area contributed by atoms with E-state index in [0.717, 1.165) is 25.2 Å². The molecule has 5 nitrogen and oxygen atoms in total. The summed E-state index contributed by atoms with van der Waals surface area (Å²) in [5.41, 5.74) is 1.62. The molecule has 0 aromatic carbocycles. The van der Waals surface area contributed by atoms with Crippen LogP contribution in [0.3, 0.4) is 0 Å². The van der Waals surface area contributed by atoms with Crippen molar-refractivity contribution in [2.75, 3.05) is 13.1 Å². The highest BCUT2D eigenvalue weighted by Gasteiger charge is 2.44. The van der Waals surface area contributed by atoms with E-state index in [9.17, 15) is 4.79 Å². The zero-order chi connectivity index (χ0) is 15.6. The molecule has 1 amide bonds. The van der Waals surface area contributed by atoms with Crippen molar-refractivity contribution in [1.82, 2.24) is 19.9 Å². The summed E-state index contributed by atoms with van der Waals surface area (Å²) < 4.78 is 0. The highest BCUT2D eigenvalue weighted by molar-refractivity contribution is 5.92. The summed E-state index contributed by atoms with van der Waals surface area (Å²) in [5.74, 6) is 1.88. The number of hydrogen-bond acceptors (Lipinski definition) is 4. The third-order valence-corrected chi connectivity index (χ3v) is 5.27. The maximum Gasteiger partial charge on any atom is 0.274 e. The minimum atomic E-state index is 0.0177. The topological polar surface area (TPSA) is 59.0 Å². The van der Waals surface area contributed by atoms with Crippen LogP contribution in [0.15, 0.2) is 43.0 Å². The summed E-state index contributed by atoms with van der Waals surface area (Å²) in [6.07, 6.45) is 10.1. The summed E-state index contributed by atoms with van der Waals surface area (Å²) in [5, 5.41) is 0. The van der Waals surface area contributed by atoms with Gasteiger partial charge in [-0.3, -0.25) is 14.8 Å². The van der Waals surface area contributed by atoms with Crippen LogP contribution in [0.4, 0.5) is 0 Å². The first-order chi connectivity index (χ1) is 11.3. The fourth-order valence-electron chi connectivity index (χ4n) is 4.16. The van der Waals surface area contributed by atoms with Crippen LogP contribution in [0.5, 0.6) is 0 Å². The van der Waals surface area contributed by atoms with Gasteiger partial charge >= 0.3 is 0 Å². The maximum atomic E-state index is 12.6. The van der Waals surface area contributed by atoms with E-state index >= 15 is 0 Å². The van der Waals surface area contributed by atoms with E-state index in [4.69, 9.17) is 0 Å². The number of carbonyl (C=O) groups excluding carboxylic acids is 1. The van der Waals surface area contributed by atoms with Crippen LogP contribution in [0.25, 0.3) is 0 Å². The molecule has 0 N–H and O–H groups in total. The van der Waals surface area contributed by atoms with E-state index in [1.807, 2.05) is 23.2 Å². The Morgan fingerprint density at radius 1 is 1.13 bits per heavy atom. The summed E-state index contributed by atoms with van der Waals surface area (Å²) in [6.45, 7) is 1.70. The molecule has 1 aliphatic heterocycles. The fraction of sp³-hybridized carbons (Fsp3) is 0.444. The summed E-state index contributed by atoms with van der Waals surface area (Å²) in [7, 11) is 0. The van der Waals surface area contributed by atoms with Gasteiger partial charge in [0.2, 0.25) is 0 Å². The Labute approximate surface area is 135 Å². The van der Waals surface area contributed by atoms with Gasteiger partial charge in [0.15, 0.2) is 0 Å². The molecule has 118 valence electrons. The lowest BCUT2D eigenvalue weighted by Crippen LogP contribution is -2.31. The molecule has 5 heteroatoms. The summed E-state index contributed by atoms with van der Waals surface area (Å²) >= 11 is 0. The van der Waals surface area contributed by atoms with Gasteiger partial charge < -0.3 is 4.90 Å². The van der Waals surface area contributed by atoms with Crippen molar-refractivity contribution in [2.45, 2.75) is 19.3 Å². The van der Waals surface area contributed by atoms with Gasteiger partial charge in [-0.05, 0) is 49.1 Å². The first kappa shape index (κ1) is 14.3. The zero-order valence-corrected chi connectivity index (χ0v) is 13.0. The molecule has 3 atom stereocenters. The van der Waals surface area contributed by atoms with Crippen molar-refractivity contribution in [3.63, 3.8) is 0 Å². The number of fused-ring (bicyclic) bond motifs is 1. The molecule has 2 aliphatic rings. The van der Waals surface area contributed by atoms with Gasteiger partial charge in [0.1, 0.15) is 5.69 Å². The Morgan fingerprint density at radius 3 is 2.87 bits per heavy atom. The predicted molar refractivity (Wildman–Crippen MR) is 85.6 cm³/mol. The van der Waals surface area contributed by atoms with Crippen LogP contribution in [0.1, 0.15) is 29.0 Å². The number of carbonyl (C=O) groups is 1. The zero-order valence-electron chi connectivity index (χ0n) is 13.0. The van der Waals surface area contributed by atoms with E-state index in [1.54, 1.807) is 18.6 Å². The molecule has 0 bridgehead atoms. The number of amides is 1. The third kappa shape index (κ3) is 2.83. The van der Waals surface area contributed by atoms with Crippen molar-refractivity contribution in [3.05, 3.63) is 54.4 Å². The van der Waals surface area contributed by atoms with E-state index < -0.39 is 0 Å². The fourth-order valence-corrected chi connectivity index (χ4v) is 4.16. The highest BCUT2D eigenvalue weighted by Crippen LogP contribution is 2.43. The van der Waals surface area contributed by atoms with Gasteiger partial charge in [0, 0.05) is 37.4 Å². The molecule has 23 heavy (non-hydrogen) atoms. The van der Waals surface area contributed by atoms with Gasteiger partial charge in [0.05, 0.1) is 6.20 Å². The van der Waals surface area contributed by atoms with Gasteiger partial charge in [0.25, 0.3) is 5.91 Å². The lowest BCUT2D eigenvalue weighted by atomic mass is 9.89. The van der Waals surface area contributed by atoms with Crippen molar-refractivity contribution in [1.29, 1.82) is 0 Å². The van der Waals surface area contributed by atoms with E-state index in [0.29, 0.717) is 23.4 Å². The molecule has 0 unspecified atom stereocenters. The molecule has 3 heterocycles. The Kier molecular flexibility index (Phi) is 3.77. The maximum absolute atomic E-state index is 12.6. The predicted octanol–water partition coefficient (Wildman–Crippen LogP) is 2.21. The molecule has 4 rings (SSSR count). The van der Waals surface area contributed by atoms with Crippen LogP contribution in [-0.4, -0.2) is 38.8 Å². The Bertz CT molecular complexity index is 676. The standard InChI is InChI=1S/C18H20N4O/c23-18(17-10-19-7-8-21-17)22-11-14-5-4-13(16(14)12-22)9-15-3-1-2-6-20-15/h1-3,6-8,10,13-14,16H,4-5,9,11-12H2/t13-,14-,16-/m1/s1. The Hall–Kier alpha value is -2.30. The van der Waals surface area contributed by atoms with Crippen molar-refractivity contribution < 1.29 is 4.79 Å². The van der Waals surface area contributed by atoms with Gasteiger partial charge in [-0.15, -0.1) is 0 Å². The first-order valence-electron chi connectivity index (χ1n) is 8.26. The lowest BCUT2D eigenvalue weighted by molar-refractivity contribution is 0.0770. The highest BCUT2D eigenvalue weighted by atomic mass is 16.2. The van der Waals surface area contributed by atoms with Gasteiger partial charge in [-0.2, -0.15) is 0 Å². The number of pyridine rings is 1. The number of nitrogens with zero attached hydrogens (tertiary/aromatic N) is 4. The molecule has 2 aromatic heterocycles. The molecule has 2 fully saturated rings. The van der Waals surface area contributed by atoms with Crippen molar-refractivity contribution >= 4 is 5.91 Å². The molecule has 0 radical (unpaired) electrons. The summed E-state index contributed by atoms with van der Waals surface area (Å²) in [6, 6.07) is 6.11. The molecular formula is C18H20N4O. The average Bonchev–Trinajstić information content (AvgIpc) is 3.18. The smallest absolute Gasteiger partial charge is 0.274 e. The van der Waals surface area contributed by atoms with Crippen molar-refractivity contribution in [2.24, 2.45) is 17.8 Å². The first-order valence-corrected chi connectivity index (χ1v) is 8.26. The lowest BCUT2D eigenvalue weighted by Gasteiger charge is -2.20. The van der Waals surface area contributed by atoms with E-state index in [2.05, 4.69) is 21.0 Å². The second-order valence-electron chi connectivity index (χ2n) is 6.59. The van der Waals surface area contributed by atoms with Gasteiger partial charge in [-0.25, -0.2) is 4.98 Å². The van der Waals surface area contributed by atoms with Crippen LogP contribution in [0, 0.1) is 17.8 Å². The SMILES string of the molecule is O=C(c1cnccn1)N1C[C@H]2CC[C@H](Cc3ccccn3)[C@H]2C1. The van der Waals surface area contributed by atoms with Crippen molar-refractivity contribution in [3.8, 4) is 0 Å². The van der Waals surface area contributed by atoms with Crippen LogP contribution < -0.4 is 0 Å². The average molecular weight is 308 g/mol. The number of likely N-dealkylation sites (tertiary alicyclic amines) is 1. The van der Waals surface area contributed by atoms with Gasteiger partial charge in [-0.1, -0.05) is 6.07 Å². The monoisotopic (exact) mass is 308 g/mol. The molecular weight excluding hydrogens is 288 g/mol. The number of rotatable bonds is 3. The molecule has 0 spiro atoms. The minimum Gasteiger partial charge on any atom is -0.337 e. The van der Waals surface area contributed by atoms with Crippen LogP contribution in [0.2, 0.25) is 0 Å². The number of hydrogen-bond donors (Lipinski definition) is 0. The third-order valence-electron chi connectivity index (χ3n) is 5.27. The molecule has 2 aromatic rings. The van der Waals surface area contributed by atoms with E-state index in [-0.39, 0.29) is 5.91 Å². The minimum absolute atomic E-state index is 0.0177. The molecule has 1 saturated heterocycles. The van der Waals surface area contributed by atoms with Crippen LogP contribution in [-0.2, 0) is 6.42 Å². The van der Waals surface area contributed by atoms with Crippen LogP contribution >= 0.6 is 0 Å². The second kappa shape index (κ2) is 6.07. The molecule has 1 aliphatic carbocycles. The van der Waals surface area contributed by atoms with E-state index in [1.165, 1.54) is 12.8 Å². The summed E-state index contributed by atoms with van der Waals surface area (Å²) in [4.78, 5) is 27.1. The number of aromatic nitrogens is 3. The quantitative estimate of drug-likeness (QED) is 0.872. The second-order valence-corrected chi connectivity index (χ2v) is 6.59. The largest absolute Gasteiger partial charge is 0.337 e. The Morgan fingerprint density at radius 2 is 2.09 bits per heavy atom. The molecule has 1 saturated carbocycles. The normalized spacial score (nSPS) is 26.3.